The summed E-state index contributed by atoms with van der Waals surface area (Å²) in [5, 5.41) is -0.711. The van der Waals surface area contributed by atoms with E-state index in [1.807, 2.05) is 38.1 Å². The van der Waals surface area contributed by atoms with Gasteiger partial charge >= 0.3 is 0 Å². The van der Waals surface area contributed by atoms with Gasteiger partial charge in [-0.3, -0.25) is 0 Å². The van der Waals surface area contributed by atoms with Gasteiger partial charge in [0.2, 0.25) is 0 Å². The van der Waals surface area contributed by atoms with Gasteiger partial charge in [0.1, 0.15) is 5.75 Å². The van der Waals surface area contributed by atoms with Gasteiger partial charge in [-0.1, -0.05) is 29.8 Å². The Hall–Kier alpha value is -1.89. The molecule has 2 N–H and O–H groups in total. The molecular formula is C20H25NO4S. The monoisotopic (exact) mass is 375 g/mol. The van der Waals surface area contributed by atoms with Crippen LogP contribution in [-0.2, 0) is 14.6 Å². The zero-order valence-corrected chi connectivity index (χ0v) is 16.1. The highest BCUT2D eigenvalue weighted by Crippen LogP contribution is 2.55. The predicted octanol–water partition coefficient (Wildman–Crippen LogP) is 2.68. The molecule has 0 aromatic heterocycles. The summed E-state index contributed by atoms with van der Waals surface area (Å²) in [5.74, 6) is 0.408. The van der Waals surface area contributed by atoms with Crippen molar-refractivity contribution in [2.24, 2.45) is 5.73 Å². The van der Waals surface area contributed by atoms with Crippen molar-refractivity contribution in [3.8, 4) is 5.75 Å². The molecular weight excluding hydrogens is 350 g/mol. The number of ether oxygens (including phenoxy) is 2. The minimum Gasteiger partial charge on any atom is -0.497 e. The molecule has 0 unspecified atom stereocenters. The lowest BCUT2D eigenvalue weighted by Crippen LogP contribution is -2.36. The van der Waals surface area contributed by atoms with Crippen LogP contribution in [0.1, 0.15) is 24.0 Å². The molecule has 0 saturated heterocycles. The Bertz CT molecular complexity index is 862. The molecule has 26 heavy (non-hydrogen) atoms. The molecule has 3 rings (SSSR count). The van der Waals surface area contributed by atoms with E-state index in [9.17, 15) is 8.42 Å². The van der Waals surface area contributed by atoms with Crippen LogP contribution in [0.2, 0.25) is 0 Å². The van der Waals surface area contributed by atoms with Crippen molar-refractivity contribution in [3.05, 3.63) is 59.7 Å². The van der Waals surface area contributed by atoms with E-state index in [1.54, 1.807) is 31.4 Å². The number of sulfone groups is 1. The molecule has 140 valence electrons. The van der Waals surface area contributed by atoms with Crippen LogP contribution < -0.4 is 10.5 Å². The van der Waals surface area contributed by atoms with Gasteiger partial charge in [0.25, 0.3) is 0 Å². The highest BCUT2D eigenvalue weighted by Gasteiger charge is 2.69. The van der Waals surface area contributed by atoms with Gasteiger partial charge in [0.15, 0.2) is 9.84 Å². The lowest BCUT2D eigenvalue weighted by Gasteiger charge is -2.12. The Labute approximate surface area is 155 Å². The minimum atomic E-state index is -3.57. The Morgan fingerprint density at radius 2 is 1.69 bits per heavy atom. The number of aryl methyl sites for hydroxylation is 1. The third-order valence-corrected chi connectivity index (χ3v) is 7.33. The van der Waals surface area contributed by atoms with E-state index < -0.39 is 20.6 Å². The highest BCUT2D eigenvalue weighted by atomic mass is 32.2. The zero-order valence-electron chi connectivity index (χ0n) is 15.3. The normalized spacial score (nSPS) is 25.1. The number of benzene rings is 2. The summed E-state index contributed by atoms with van der Waals surface area (Å²) in [5.41, 5.74) is 7.50. The Morgan fingerprint density at radius 3 is 2.23 bits per heavy atom. The Balaban J connectivity index is 1.97. The number of methoxy groups -OCH3 is 1. The first kappa shape index (κ1) is 18.9. The average molecular weight is 375 g/mol. The molecule has 0 amide bonds. The average Bonchev–Trinajstić information content (AvgIpc) is 3.27. The molecule has 5 nitrogen and oxygen atoms in total. The molecule has 2 aromatic carbocycles. The van der Waals surface area contributed by atoms with Crippen LogP contribution in [0.5, 0.6) is 5.75 Å². The molecule has 0 heterocycles. The fourth-order valence-corrected chi connectivity index (χ4v) is 5.80. The van der Waals surface area contributed by atoms with Crippen molar-refractivity contribution in [2.45, 2.75) is 35.4 Å². The van der Waals surface area contributed by atoms with E-state index in [4.69, 9.17) is 15.2 Å². The Kier molecular flexibility index (Phi) is 5.10. The molecule has 0 radical (unpaired) electrons. The van der Waals surface area contributed by atoms with E-state index in [0.717, 1.165) is 16.9 Å². The van der Waals surface area contributed by atoms with E-state index >= 15 is 0 Å². The number of hydrogen-bond acceptors (Lipinski definition) is 5. The predicted molar refractivity (Wildman–Crippen MR) is 101 cm³/mol. The maximum absolute atomic E-state index is 13.2. The molecule has 1 aliphatic carbocycles. The maximum Gasteiger partial charge on any atom is 0.183 e. The quantitative estimate of drug-likeness (QED) is 0.805. The first-order valence-electron chi connectivity index (χ1n) is 8.65. The highest BCUT2D eigenvalue weighted by molar-refractivity contribution is 7.92. The van der Waals surface area contributed by atoms with Crippen molar-refractivity contribution >= 4 is 9.84 Å². The second-order valence-electron chi connectivity index (χ2n) is 6.78. The van der Waals surface area contributed by atoms with E-state index in [0.29, 0.717) is 11.5 Å². The second-order valence-corrected chi connectivity index (χ2v) is 8.85. The van der Waals surface area contributed by atoms with Gasteiger partial charge in [0, 0.05) is 12.5 Å². The van der Waals surface area contributed by atoms with Crippen LogP contribution in [0.3, 0.4) is 0 Å². The third kappa shape index (κ3) is 3.24. The summed E-state index contributed by atoms with van der Waals surface area (Å²) in [7, 11) is -1.97. The third-order valence-electron chi connectivity index (χ3n) is 5.02. The van der Waals surface area contributed by atoms with Gasteiger partial charge in [-0.25, -0.2) is 8.42 Å². The molecule has 3 atom stereocenters. The van der Waals surface area contributed by atoms with Gasteiger partial charge in [-0.2, -0.15) is 0 Å². The first-order valence-corrected chi connectivity index (χ1v) is 10.2. The van der Waals surface area contributed by atoms with Gasteiger partial charge < -0.3 is 15.2 Å². The van der Waals surface area contributed by atoms with Crippen molar-refractivity contribution in [2.75, 3.05) is 20.3 Å². The second kappa shape index (κ2) is 7.02. The molecule has 2 aromatic rings. The number of nitrogens with two attached hydrogens (primary N) is 1. The van der Waals surface area contributed by atoms with Crippen LogP contribution in [0, 0.1) is 6.92 Å². The molecule has 0 bridgehead atoms. The molecule has 1 aliphatic rings. The van der Waals surface area contributed by atoms with Crippen molar-refractivity contribution in [1.29, 1.82) is 0 Å². The standard InChI is InChI=1S/C20H25NO4S/c1-4-25-13-20(21)18(15-7-9-16(24-3)10-8-15)19(20)26(22,23)17-11-5-14(2)6-12-17/h5-12,18-19H,4,13,21H2,1-3H3/t18-,19+,20-/m1/s1. The van der Waals surface area contributed by atoms with Crippen LogP contribution >= 0.6 is 0 Å². The first-order chi connectivity index (χ1) is 12.3. The number of hydrogen-bond donors (Lipinski definition) is 1. The summed E-state index contributed by atoms with van der Waals surface area (Å²) < 4.78 is 37.2. The smallest absolute Gasteiger partial charge is 0.183 e. The van der Waals surface area contributed by atoms with Crippen molar-refractivity contribution in [1.82, 2.24) is 0 Å². The zero-order chi connectivity index (χ0) is 18.9. The number of rotatable bonds is 7. The van der Waals surface area contributed by atoms with Crippen molar-refractivity contribution in [3.63, 3.8) is 0 Å². The minimum absolute atomic E-state index is 0.204. The summed E-state index contributed by atoms with van der Waals surface area (Å²) >= 11 is 0. The largest absolute Gasteiger partial charge is 0.497 e. The molecule has 0 spiro atoms. The summed E-state index contributed by atoms with van der Waals surface area (Å²) in [6, 6.07) is 14.3. The van der Waals surface area contributed by atoms with Gasteiger partial charge in [-0.05, 0) is 43.7 Å². The van der Waals surface area contributed by atoms with Crippen molar-refractivity contribution < 1.29 is 17.9 Å². The summed E-state index contributed by atoms with van der Waals surface area (Å²) in [4.78, 5) is 0.301. The van der Waals surface area contributed by atoms with Gasteiger partial charge in [0.05, 0.1) is 29.4 Å². The van der Waals surface area contributed by atoms with E-state index in [-0.39, 0.29) is 12.5 Å². The topological polar surface area (TPSA) is 78.6 Å². The summed E-state index contributed by atoms with van der Waals surface area (Å²) in [6.07, 6.45) is 0. The molecule has 1 saturated carbocycles. The van der Waals surface area contributed by atoms with E-state index in [1.165, 1.54) is 0 Å². The van der Waals surface area contributed by atoms with Crippen LogP contribution in [0.15, 0.2) is 53.4 Å². The van der Waals surface area contributed by atoms with Crippen LogP contribution in [-0.4, -0.2) is 39.5 Å². The molecule has 0 aliphatic heterocycles. The maximum atomic E-state index is 13.2. The fraction of sp³-hybridized carbons (Fsp3) is 0.400. The lowest BCUT2D eigenvalue weighted by molar-refractivity contribution is 0.125. The SMILES string of the molecule is CCOC[C@@]1(N)[C@H](c2ccc(OC)cc2)[C@@H]1S(=O)(=O)c1ccc(C)cc1. The lowest BCUT2D eigenvalue weighted by atomic mass is 10.1. The van der Waals surface area contributed by atoms with Gasteiger partial charge in [-0.15, -0.1) is 0 Å². The van der Waals surface area contributed by atoms with E-state index in [2.05, 4.69) is 0 Å². The molecule has 1 fully saturated rings. The van der Waals surface area contributed by atoms with Crippen LogP contribution in [0.25, 0.3) is 0 Å². The fourth-order valence-electron chi connectivity index (χ4n) is 3.51. The summed E-state index contributed by atoms with van der Waals surface area (Å²) in [6.45, 7) is 4.50. The Morgan fingerprint density at radius 1 is 1.08 bits per heavy atom. The van der Waals surface area contributed by atoms with Crippen LogP contribution in [0.4, 0.5) is 0 Å². The molecule has 6 heteroatoms.